The number of amides is 2. The molecule has 13 rings (SSSR count). The Labute approximate surface area is 841 Å². The molecule has 1 fully saturated rings. The summed E-state index contributed by atoms with van der Waals surface area (Å²) >= 11 is 3.27. The van der Waals surface area contributed by atoms with Crippen LogP contribution in [0.3, 0.4) is 0 Å². The number of allylic oxidation sites excluding steroid dienone is 15. The molecule has 0 radical (unpaired) electrons. The third-order valence-electron chi connectivity index (χ3n) is 26.1. The molecule has 0 saturated carbocycles. The van der Waals surface area contributed by atoms with Crippen LogP contribution in [0.2, 0.25) is 0 Å². The molecule has 5 aliphatic heterocycles. The molecule has 0 unspecified atom stereocenters. The van der Waals surface area contributed by atoms with Crippen LogP contribution in [0.4, 0.5) is 34.1 Å². The fraction of sp³-hybridized carbons (Fsp3) is 0.406. The molecule has 37 heteroatoms. The fourth-order valence-corrected chi connectivity index (χ4v) is 23.3. The van der Waals surface area contributed by atoms with Crippen LogP contribution in [0.25, 0.3) is 0 Å². The van der Waals surface area contributed by atoms with E-state index in [-0.39, 0.29) is 87.1 Å². The molecule has 138 heavy (non-hydrogen) atoms. The molecule has 0 aromatic heterocycles. The zero-order valence-corrected chi connectivity index (χ0v) is 87.9. The smallest absolute Gasteiger partial charge is 0.748 e. The standard InChI is InChI=1S/C51H63N3O9S3.C50H58N4O13S4.Na/c1-35(55)15-10-8-12-31-53-44-27-25-40(65(58,59)60)33-42(44)50(2,3)46(53)29-19-36-16-14-17-37(49(36)64-39-23-21-38(22-24-39)52(6)7)20-30-47-51(4,5)43-34-41(66(61,62)63)26-28-45(43)54(47)32-13-9-11-18-48(56)57;1-49(2)39-31-37(70(61,62)63)20-22-41(39)52(28-9-7-8-13-47(57)67-54-45(55)26-27-46(54)56)43(49)24-14-33-11-10-12-34(48(33)68-36-18-16-35(17-19-36)51(5)6)15-25-44-50(3,4)40-32-38(71(64,65)66)21-23-42(40)53(44)29-30-69(58,59)60;/h19-30,33-34H,1,8-18,31-32H2,2-7H3,(H3-,55,56,57,58,59,60,61,62,63);14-25,31-32H,7-13,26-30H2,1-6H3,(H2-,58,59,60,61,62,63,64,65,66);/q;;+1/p-2. The second-order valence-electron chi connectivity index (χ2n) is 37.7. The maximum Gasteiger partial charge on any atom is 1.00 e. The first-order valence-corrected chi connectivity index (χ1v) is 54.5. The van der Waals surface area contributed by atoms with Crippen molar-refractivity contribution in [1.82, 2.24) is 5.06 Å². The fourth-order valence-electron chi connectivity index (χ4n) is 18.7. The number of carboxylic acid groups (broad SMARTS) is 1. The Morgan fingerprint density at radius 3 is 1.25 bits per heavy atom. The Hall–Kier alpha value is -9.35. The molecule has 2 amide bonds. The van der Waals surface area contributed by atoms with Crippen LogP contribution in [0, 0.1) is 0 Å². The number of aliphatic hydroxyl groups excluding tert-OH is 1. The number of benzene rings is 6. The molecular formula is C101H119N7NaO22S7-. The van der Waals surface area contributed by atoms with Crippen LogP contribution < -0.4 is 49.2 Å². The molecule has 0 bridgehead atoms. The number of carbonyl (C=O) groups excluding carboxylic acids is 3. The number of carbonyl (C=O) groups is 4. The van der Waals surface area contributed by atoms with Gasteiger partial charge >= 0.3 is 41.5 Å². The molecule has 0 spiro atoms. The molecule has 3 N–H and O–H groups in total. The van der Waals surface area contributed by atoms with Crippen molar-refractivity contribution in [2.45, 2.75) is 235 Å². The second-order valence-corrected chi connectivity index (χ2v) is 46.9. The van der Waals surface area contributed by atoms with Gasteiger partial charge in [0.2, 0.25) is 11.4 Å². The van der Waals surface area contributed by atoms with Crippen molar-refractivity contribution in [2.24, 2.45) is 0 Å². The zero-order chi connectivity index (χ0) is 100. The number of aliphatic hydroxyl groups is 1. The summed E-state index contributed by atoms with van der Waals surface area (Å²) in [7, 11) is -15.5. The SMILES string of the molecule is C=C(O)CCCCC[N+]1=C(C=CC2=C(Sc3ccc(N(C)C)cc3)C(=CC=C3N(CCCCCC(=O)O)c4ccc(S(=O)(=O)[O-])cc4C3(C)C)CCC2)C(C)(C)c2cc(S(=O)(=O)[O-])ccc21.CN(C)c1ccc(SC2=C(C=CC3=[N+](CCCCCC(=O)ON4C(=O)CCC4=O)c4ccc(S(=O)(=O)[O-])cc4C3(C)C)CCCC2=CC=C2N(CCS(=O)(=O)[O-])c3ccc(S(=O)(=O)O)cc3C2(C)C)cc1.[Na+]. The Bertz CT molecular complexity index is 6710. The van der Waals surface area contributed by atoms with Crippen LogP contribution in [0.5, 0.6) is 0 Å². The summed E-state index contributed by atoms with van der Waals surface area (Å²) in [5.41, 5.74) is 12.2. The van der Waals surface area contributed by atoms with E-state index in [2.05, 4.69) is 80.2 Å². The number of carboxylic acids is 1. The van der Waals surface area contributed by atoms with Gasteiger partial charge in [0, 0.05) is 186 Å². The summed E-state index contributed by atoms with van der Waals surface area (Å²) in [6.07, 6.45) is 27.7. The number of fused-ring (bicyclic) bond motifs is 4. The third-order valence-corrected chi connectivity index (χ3v) is 32.6. The van der Waals surface area contributed by atoms with Gasteiger partial charge < -0.3 is 52.9 Å². The first kappa shape index (κ1) is 109. The summed E-state index contributed by atoms with van der Waals surface area (Å²) < 4.78 is 185. The number of hydrogen-bond donors (Lipinski definition) is 3. The van der Waals surface area contributed by atoms with Crippen molar-refractivity contribution in [1.29, 1.82) is 0 Å². The van der Waals surface area contributed by atoms with Crippen molar-refractivity contribution in [3.05, 3.63) is 248 Å². The molecule has 0 atom stereocenters. The summed E-state index contributed by atoms with van der Waals surface area (Å²) in [6, 6.07) is 34.2. The van der Waals surface area contributed by atoms with Gasteiger partial charge in [-0.05, 0) is 260 Å². The third kappa shape index (κ3) is 25.9. The maximum atomic E-state index is 12.5. The van der Waals surface area contributed by atoms with Crippen LogP contribution in [-0.2, 0) is 96.3 Å². The number of anilines is 4. The monoisotopic (exact) mass is 2030 g/mol. The number of rotatable bonds is 38. The van der Waals surface area contributed by atoms with E-state index in [1.54, 1.807) is 46.6 Å². The van der Waals surface area contributed by atoms with E-state index in [1.807, 2.05) is 131 Å². The molecular weight excluding hydrogens is 1910 g/mol. The van der Waals surface area contributed by atoms with E-state index < -0.39 is 102 Å². The van der Waals surface area contributed by atoms with Gasteiger partial charge in [0.15, 0.2) is 11.4 Å². The summed E-state index contributed by atoms with van der Waals surface area (Å²) in [4.78, 5) is 63.5. The number of nitrogens with zero attached hydrogens (tertiary/aromatic N) is 7. The van der Waals surface area contributed by atoms with Gasteiger partial charge in [0.1, 0.15) is 43.4 Å². The molecule has 6 aromatic rings. The van der Waals surface area contributed by atoms with E-state index in [0.29, 0.717) is 105 Å². The Kier molecular flexibility index (Phi) is 35.1. The van der Waals surface area contributed by atoms with Crippen LogP contribution >= 0.6 is 23.5 Å². The number of hydroxylamine groups is 2. The van der Waals surface area contributed by atoms with Gasteiger partial charge in [0.05, 0.1) is 52.0 Å². The summed E-state index contributed by atoms with van der Waals surface area (Å²) in [5.74, 6) is -3.18. The predicted octanol–water partition coefficient (Wildman–Crippen LogP) is 15.0. The molecule has 1 saturated heterocycles. The van der Waals surface area contributed by atoms with Crippen molar-refractivity contribution in [3.63, 3.8) is 0 Å². The molecule has 734 valence electrons. The van der Waals surface area contributed by atoms with E-state index in [4.69, 9.17) is 4.84 Å². The Morgan fingerprint density at radius 1 is 0.464 bits per heavy atom. The Balaban J connectivity index is 0.000000263. The second kappa shape index (κ2) is 44.4. The van der Waals surface area contributed by atoms with E-state index in [0.717, 1.165) is 144 Å². The first-order valence-electron chi connectivity index (χ1n) is 45.6. The molecule has 6 aromatic carbocycles. The van der Waals surface area contributed by atoms with E-state index >= 15 is 0 Å². The van der Waals surface area contributed by atoms with Crippen molar-refractivity contribution >= 4 is 143 Å². The topological polar surface area (TPSA) is 423 Å². The molecule has 5 heterocycles. The van der Waals surface area contributed by atoms with Gasteiger partial charge in [-0.2, -0.15) is 17.6 Å². The number of unbranched alkanes of at least 4 members (excludes halogenated alkanes) is 6. The number of thioether (sulfide) groups is 2. The van der Waals surface area contributed by atoms with E-state index in [9.17, 15) is 94.2 Å². The average molecular weight is 2030 g/mol. The Morgan fingerprint density at radius 2 is 0.848 bits per heavy atom. The largest absolute Gasteiger partial charge is 1.00 e. The number of aliphatic carboxylic acids is 1. The zero-order valence-electron chi connectivity index (χ0n) is 80.1. The van der Waals surface area contributed by atoms with Crippen LogP contribution in [-0.4, -0.2) is 185 Å². The van der Waals surface area contributed by atoms with Crippen molar-refractivity contribution in [2.75, 3.05) is 79.7 Å². The maximum absolute atomic E-state index is 12.5. The minimum Gasteiger partial charge on any atom is -0.748 e. The molecule has 29 nitrogen and oxygen atoms in total. The number of hydrogen-bond acceptors (Lipinski definition) is 26. The van der Waals surface area contributed by atoms with Gasteiger partial charge in [0.25, 0.3) is 21.9 Å². The first-order chi connectivity index (χ1) is 64.2. The summed E-state index contributed by atoms with van der Waals surface area (Å²) in [6.45, 7) is 20.9. The van der Waals surface area contributed by atoms with Gasteiger partial charge in [-0.1, -0.05) is 88.5 Å². The molecule has 7 aliphatic rings. The quantitative estimate of drug-likeness (QED) is 0.00809. The predicted molar refractivity (Wildman–Crippen MR) is 528 cm³/mol. The van der Waals surface area contributed by atoms with Gasteiger partial charge in [-0.15, -0.1) is 5.06 Å². The normalized spacial score (nSPS) is 18.5. The van der Waals surface area contributed by atoms with Gasteiger partial charge in [-0.25, -0.2) is 38.5 Å². The summed E-state index contributed by atoms with van der Waals surface area (Å²) in [5, 5.41) is 19.4. The van der Waals surface area contributed by atoms with Gasteiger partial charge in [-0.3, -0.25) is 18.9 Å². The number of imide groups is 1. The van der Waals surface area contributed by atoms with Crippen LogP contribution in [0.1, 0.15) is 206 Å². The minimum atomic E-state index is -4.78. The average Bonchev–Trinajstić information content (AvgIpc) is 1.60. The molecule has 2 aliphatic carbocycles. The van der Waals surface area contributed by atoms with Crippen LogP contribution in [0.15, 0.2) is 255 Å². The van der Waals surface area contributed by atoms with Crippen molar-refractivity contribution in [3.8, 4) is 0 Å². The van der Waals surface area contributed by atoms with Crippen molar-refractivity contribution < 1.29 is 138 Å². The minimum absolute atomic E-state index is 0. The van der Waals surface area contributed by atoms with E-state index in [1.165, 1.54) is 54.6 Å².